The third-order valence-corrected chi connectivity index (χ3v) is 7.98. The van der Waals surface area contributed by atoms with Crippen LogP contribution in [0.1, 0.15) is 13.0 Å². The number of aromatic amines is 1. The summed E-state index contributed by atoms with van der Waals surface area (Å²) in [5, 5.41) is 12.9. The second-order valence-electron chi connectivity index (χ2n) is 10.1. The highest BCUT2D eigenvalue weighted by Gasteiger charge is 2.21. The van der Waals surface area contributed by atoms with Crippen molar-refractivity contribution in [2.24, 2.45) is 0 Å². The fourth-order valence-electron chi connectivity index (χ4n) is 5.18. The minimum atomic E-state index is 0. The van der Waals surface area contributed by atoms with Gasteiger partial charge in [-0.25, -0.2) is 24.9 Å². The third kappa shape index (κ3) is 6.35. The quantitative estimate of drug-likeness (QED) is 0.145. The molecular formula is C30H29Cl3N12. The summed E-state index contributed by atoms with van der Waals surface area (Å²) in [5.41, 5.74) is 7.45. The number of halogens is 3. The van der Waals surface area contributed by atoms with Gasteiger partial charge in [0, 0.05) is 29.7 Å². The number of nitrogens with one attached hydrogen (secondary N) is 2. The summed E-state index contributed by atoms with van der Waals surface area (Å²) >= 11 is 17.5. The van der Waals surface area contributed by atoms with Crippen LogP contribution in [0.5, 0.6) is 0 Å². The number of alkyl halides is 1. The maximum Gasteiger partial charge on any atom is 0.205 e. The molecule has 0 saturated heterocycles. The molecule has 0 atom stereocenters. The summed E-state index contributed by atoms with van der Waals surface area (Å²) in [6.07, 6.45) is 7.43. The fraction of sp³-hybridized carbons (Fsp3) is 0.233. The van der Waals surface area contributed by atoms with Gasteiger partial charge < -0.3 is 15.2 Å². The van der Waals surface area contributed by atoms with Crippen LogP contribution in [0.4, 0.5) is 17.5 Å². The second-order valence-corrected chi connectivity index (χ2v) is 11.2. The first-order valence-corrected chi connectivity index (χ1v) is 15.2. The Labute approximate surface area is 273 Å². The number of nitrogens with zero attached hydrogens (tertiary/aromatic N) is 10. The van der Waals surface area contributed by atoms with Crippen LogP contribution in [0.15, 0.2) is 67.5 Å². The van der Waals surface area contributed by atoms with Crippen molar-refractivity contribution in [3.8, 4) is 0 Å². The van der Waals surface area contributed by atoms with Crippen molar-refractivity contribution in [1.29, 1.82) is 0 Å². The Morgan fingerprint density at radius 3 is 2.42 bits per heavy atom. The highest BCUT2D eigenvalue weighted by molar-refractivity contribution is 6.33. The van der Waals surface area contributed by atoms with Gasteiger partial charge in [0.05, 0.1) is 36.5 Å². The van der Waals surface area contributed by atoms with Gasteiger partial charge in [0.15, 0.2) is 11.0 Å². The van der Waals surface area contributed by atoms with Crippen LogP contribution in [-0.2, 0) is 19.5 Å². The average Bonchev–Trinajstić information content (AvgIpc) is 3.76. The molecule has 6 heterocycles. The molecule has 230 valence electrons. The average molecular weight is 664 g/mol. The van der Waals surface area contributed by atoms with Crippen LogP contribution in [0.3, 0.4) is 0 Å². The van der Waals surface area contributed by atoms with Gasteiger partial charge in [0.1, 0.15) is 34.7 Å². The number of imidazole rings is 1. The van der Waals surface area contributed by atoms with Crippen molar-refractivity contribution in [2.45, 2.75) is 26.9 Å². The van der Waals surface area contributed by atoms with E-state index < -0.39 is 0 Å². The van der Waals surface area contributed by atoms with Crippen molar-refractivity contribution in [3.63, 3.8) is 0 Å². The van der Waals surface area contributed by atoms with Crippen molar-refractivity contribution >= 4 is 85.4 Å². The summed E-state index contributed by atoms with van der Waals surface area (Å²) in [4.78, 5) is 26.8. The molecule has 0 unspecified atom stereocenters. The fourth-order valence-corrected chi connectivity index (χ4v) is 5.75. The zero-order chi connectivity index (χ0) is 30.0. The maximum absolute atomic E-state index is 6.05. The molecule has 5 aromatic heterocycles. The number of rotatable bonds is 7. The number of hydrogen-bond acceptors (Lipinski definition) is 9. The van der Waals surface area contributed by atoms with Crippen molar-refractivity contribution in [3.05, 3.63) is 83.3 Å². The number of anilines is 3. The number of fused-ring (bicyclic) bond motifs is 2. The Hall–Kier alpha value is -4.52. The molecule has 0 amide bonds. The van der Waals surface area contributed by atoms with E-state index >= 15 is 0 Å². The summed E-state index contributed by atoms with van der Waals surface area (Å²) in [6, 6.07) is 14.1. The molecule has 0 fully saturated rings. The smallest absolute Gasteiger partial charge is 0.205 e. The molecule has 45 heavy (non-hydrogen) atoms. The van der Waals surface area contributed by atoms with Crippen molar-refractivity contribution < 1.29 is 0 Å². The van der Waals surface area contributed by atoms with Gasteiger partial charge in [0.25, 0.3) is 0 Å². The minimum Gasteiger partial charge on any atom is -0.353 e. The van der Waals surface area contributed by atoms with E-state index in [4.69, 9.17) is 34.8 Å². The van der Waals surface area contributed by atoms with E-state index in [-0.39, 0.29) is 7.43 Å². The van der Waals surface area contributed by atoms with Crippen molar-refractivity contribution in [2.75, 3.05) is 29.2 Å². The molecule has 12 nitrogen and oxygen atoms in total. The summed E-state index contributed by atoms with van der Waals surface area (Å²) < 4.78 is 3.69. The van der Waals surface area contributed by atoms with Gasteiger partial charge in [-0.15, -0.1) is 11.6 Å². The number of aromatic nitrogens is 10. The molecule has 0 bridgehead atoms. The topological polar surface area (TPSA) is 131 Å². The first-order chi connectivity index (χ1) is 21.6. The Morgan fingerprint density at radius 1 is 0.822 bits per heavy atom. The molecule has 0 saturated carbocycles. The largest absolute Gasteiger partial charge is 0.353 e. The van der Waals surface area contributed by atoms with E-state index in [1.807, 2.05) is 29.1 Å². The molecule has 2 N–H and O–H groups in total. The van der Waals surface area contributed by atoms with E-state index in [0.717, 1.165) is 70.7 Å². The van der Waals surface area contributed by atoms with Gasteiger partial charge in [-0.05, 0) is 42.3 Å². The zero-order valence-electron chi connectivity index (χ0n) is 23.2. The lowest BCUT2D eigenvalue weighted by molar-refractivity contribution is 0.586. The summed E-state index contributed by atoms with van der Waals surface area (Å²) in [6.45, 7) is 3.26. The SMILES string of the molecule is C.ClCCn1ncc2ncnc(Cl)c21.Clc1ccc2nc(Nc3ccc(CCN4CCn5ncc6ncnc4c65)cc3)[nH]c2c1. The zero-order valence-corrected chi connectivity index (χ0v) is 25.5. The Balaban J connectivity index is 0.000000215. The first-order valence-electron chi connectivity index (χ1n) is 13.9. The van der Waals surface area contributed by atoms with Gasteiger partial charge in [-0.3, -0.25) is 9.36 Å². The van der Waals surface area contributed by atoms with E-state index in [1.54, 1.807) is 17.2 Å². The number of H-pyrrole nitrogens is 1. The molecule has 0 aliphatic carbocycles. The molecule has 2 aromatic carbocycles. The predicted molar refractivity (Wildman–Crippen MR) is 180 cm³/mol. The van der Waals surface area contributed by atoms with Crippen LogP contribution < -0.4 is 10.2 Å². The van der Waals surface area contributed by atoms with Gasteiger partial charge in [-0.1, -0.05) is 42.8 Å². The lowest BCUT2D eigenvalue weighted by Gasteiger charge is -2.28. The molecule has 8 rings (SSSR count). The van der Waals surface area contributed by atoms with Gasteiger partial charge in [-0.2, -0.15) is 10.2 Å². The standard InChI is InChI=1S/C22H19ClN8.C7H6Cl2N4.CH4/c23-15-3-6-17-18(11-15)29-22(28-17)27-16-4-1-14(2-5-16)7-8-30-9-10-31-20-19(12-26-31)24-13-25-21(20)30;8-1-2-13-6-5(3-12-13)10-4-11-7(6)9;/h1-6,11-13H,7-10H2,(H2,27,28,29);3-4H,1-2H2;1H4. The monoisotopic (exact) mass is 662 g/mol. The van der Waals surface area contributed by atoms with Crippen LogP contribution in [0.25, 0.3) is 33.1 Å². The van der Waals surface area contributed by atoms with Crippen LogP contribution in [0.2, 0.25) is 10.2 Å². The maximum atomic E-state index is 6.05. The van der Waals surface area contributed by atoms with Crippen LogP contribution >= 0.6 is 34.8 Å². The van der Waals surface area contributed by atoms with Gasteiger partial charge >= 0.3 is 0 Å². The number of aryl methyl sites for hydroxylation is 1. The van der Waals surface area contributed by atoms with E-state index in [1.165, 1.54) is 11.9 Å². The Kier molecular flexibility index (Phi) is 8.97. The molecule has 0 radical (unpaired) electrons. The molecule has 0 spiro atoms. The van der Waals surface area contributed by atoms with Crippen LogP contribution in [-0.4, -0.2) is 68.4 Å². The Bertz CT molecular complexity index is 2070. The van der Waals surface area contributed by atoms with Crippen LogP contribution in [0, 0.1) is 0 Å². The normalized spacial score (nSPS) is 12.3. The van der Waals surface area contributed by atoms with E-state index in [9.17, 15) is 0 Å². The third-order valence-electron chi connectivity index (χ3n) is 7.30. The molecular weight excluding hydrogens is 635 g/mol. The first kappa shape index (κ1) is 30.5. The second kappa shape index (κ2) is 13.2. The molecule has 7 aromatic rings. The predicted octanol–water partition coefficient (Wildman–Crippen LogP) is 6.52. The highest BCUT2D eigenvalue weighted by Crippen LogP contribution is 2.27. The Morgan fingerprint density at radius 2 is 1.60 bits per heavy atom. The summed E-state index contributed by atoms with van der Waals surface area (Å²) in [7, 11) is 0. The van der Waals surface area contributed by atoms with Crippen molar-refractivity contribution in [1.82, 2.24) is 49.5 Å². The van der Waals surface area contributed by atoms with Gasteiger partial charge in [0.2, 0.25) is 5.95 Å². The molecule has 1 aliphatic rings. The molecule has 1 aliphatic heterocycles. The molecule has 15 heteroatoms. The lowest BCUT2D eigenvalue weighted by atomic mass is 10.1. The number of hydrogen-bond donors (Lipinski definition) is 2. The number of benzene rings is 2. The van der Waals surface area contributed by atoms with E-state index in [2.05, 4.69) is 74.6 Å². The minimum absolute atomic E-state index is 0. The summed E-state index contributed by atoms with van der Waals surface area (Å²) in [5.74, 6) is 2.15. The highest BCUT2D eigenvalue weighted by atomic mass is 35.5. The lowest BCUT2D eigenvalue weighted by Crippen LogP contribution is -2.34. The van der Waals surface area contributed by atoms with E-state index in [0.29, 0.717) is 28.5 Å².